The van der Waals surface area contributed by atoms with Crippen molar-refractivity contribution in [2.24, 2.45) is 0 Å². The highest BCUT2D eigenvalue weighted by Crippen LogP contribution is 2.29. The molecule has 2 atom stereocenters. The summed E-state index contributed by atoms with van der Waals surface area (Å²) in [6.45, 7) is 4.19. The number of fused-ring (bicyclic) bond motifs is 1. The number of rotatable bonds is 11. The van der Waals surface area contributed by atoms with Gasteiger partial charge in [0.05, 0.1) is 12.7 Å². The molecule has 0 amide bonds. The van der Waals surface area contributed by atoms with Crippen molar-refractivity contribution in [2.45, 2.75) is 32.4 Å². The third kappa shape index (κ3) is 5.93. The number of carbonyl (C=O) groups excluding carboxylic acids is 2. The fourth-order valence-electron chi connectivity index (χ4n) is 3.58. The second-order valence-corrected chi connectivity index (χ2v) is 7.52. The smallest absolute Gasteiger partial charge is 0.344 e. The van der Waals surface area contributed by atoms with Crippen molar-refractivity contribution in [3.8, 4) is 5.75 Å². The summed E-state index contributed by atoms with van der Waals surface area (Å²) in [5.41, 5.74) is 1.44. The molecule has 6 heteroatoms. The molecule has 0 aliphatic carbocycles. The number of aliphatic hydroxyl groups excluding tert-OH is 1. The molecule has 2 unspecified atom stereocenters. The van der Waals surface area contributed by atoms with Crippen LogP contribution in [-0.4, -0.2) is 42.7 Å². The molecule has 0 heterocycles. The van der Waals surface area contributed by atoms with E-state index >= 15 is 0 Å². The zero-order valence-corrected chi connectivity index (χ0v) is 18.4. The van der Waals surface area contributed by atoms with Gasteiger partial charge in [-0.3, -0.25) is 4.79 Å². The van der Waals surface area contributed by atoms with Crippen LogP contribution in [0.3, 0.4) is 0 Å². The molecular formula is C26H29NO5. The monoisotopic (exact) mass is 435 g/mol. The molecule has 6 nitrogen and oxygen atoms in total. The Kier molecular flexibility index (Phi) is 8.36. The van der Waals surface area contributed by atoms with Gasteiger partial charge in [-0.2, -0.15) is 0 Å². The van der Waals surface area contributed by atoms with Crippen LogP contribution >= 0.6 is 0 Å². The maximum Gasteiger partial charge on any atom is 0.344 e. The standard InChI is InChI=1S/C26H29NO5/c1-3-31-25(29)17-32-24-14-13-21(20-11-7-8-12-22(20)24)23(28)15-16-27-18(2)26(30)19-9-5-4-6-10-19/h4-14,18,26-27,30H,3,15-17H2,1-2H3. The lowest BCUT2D eigenvalue weighted by Gasteiger charge is -2.20. The largest absolute Gasteiger partial charge is 0.481 e. The van der Waals surface area contributed by atoms with Gasteiger partial charge in [-0.1, -0.05) is 54.6 Å². The lowest BCUT2D eigenvalue weighted by atomic mass is 9.98. The van der Waals surface area contributed by atoms with Gasteiger partial charge in [-0.05, 0) is 36.9 Å². The number of hydrogen-bond acceptors (Lipinski definition) is 6. The number of Topliss-reactive ketones (excluding diaryl/α,β-unsaturated/α-hetero) is 1. The van der Waals surface area contributed by atoms with Gasteiger partial charge in [0.25, 0.3) is 0 Å². The molecule has 32 heavy (non-hydrogen) atoms. The van der Waals surface area contributed by atoms with E-state index in [2.05, 4.69) is 5.32 Å². The summed E-state index contributed by atoms with van der Waals surface area (Å²) in [5, 5.41) is 15.3. The first kappa shape index (κ1) is 23.4. The second-order valence-electron chi connectivity index (χ2n) is 7.52. The minimum atomic E-state index is -0.650. The SMILES string of the molecule is CCOC(=O)COc1ccc(C(=O)CCNC(C)C(O)c2ccccc2)c2ccccc12. The first-order chi connectivity index (χ1) is 15.5. The molecular weight excluding hydrogens is 406 g/mol. The van der Waals surface area contributed by atoms with Crippen LogP contribution < -0.4 is 10.1 Å². The van der Waals surface area contributed by atoms with Gasteiger partial charge >= 0.3 is 5.97 Å². The number of ketones is 1. The highest BCUT2D eigenvalue weighted by molar-refractivity contribution is 6.09. The summed E-state index contributed by atoms with van der Waals surface area (Å²) in [6.07, 6.45) is -0.359. The van der Waals surface area contributed by atoms with E-state index in [0.29, 0.717) is 30.9 Å². The van der Waals surface area contributed by atoms with E-state index in [1.54, 1.807) is 19.1 Å². The van der Waals surface area contributed by atoms with Crippen molar-refractivity contribution < 1.29 is 24.2 Å². The lowest BCUT2D eigenvalue weighted by Crippen LogP contribution is -2.33. The van der Waals surface area contributed by atoms with Crippen molar-refractivity contribution in [1.29, 1.82) is 0 Å². The summed E-state index contributed by atoms with van der Waals surface area (Å²) in [4.78, 5) is 24.5. The highest BCUT2D eigenvalue weighted by atomic mass is 16.6. The maximum atomic E-state index is 12.9. The molecule has 0 bridgehead atoms. The molecule has 0 radical (unpaired) electrons. The van der Waals surface area contributed by atoms with Gasteiger partial charge in [-0.25, -0.2) is 4.79 Å². The predicted molar refractivity (Wildman–Crippen MR) is 124 cm³/mol. The van der Waals surface area contributed by atoms with Crippen LogP contribution in [0.15, 0.2) is 66.7 Å². The van der Waals surface area contributed by atoms with Gasteiger partial charge in [0, 0.05) is 30.0 Å². The van der Waals surface area contributed by atoms with Crippen LogP contribution in [0.1, 0.15) is 42.3 Å². The highest BCUT2D eigenvalue weighted by Gasteiger charge is 2.17. The lowest BCUT2D eigenvalue weighted by molar-refractivity contribution is -0.145. The summed E-state index contributed by atoms with van der Waals surface area (Å²) < 4.78 is 10.5. The van der Waals surface area contributed by atoms with Crippen molar-refractivity contribution >= 4 is 22.5 Å². The summed E-state index contributed by atoms with van der Waals surface area (Å²) in [5.74, 6) is 0.0876. The maximum absolute atomic E-state index is 12.9. The summed E-state index contributed by atoms with van der Waals surface area (Å²) in [6, 6.07) is 20.2. The molecule has 3 aromatic carbocycles. The molecule has 0 spiro atoms. The number of nitrogens with one attached hydrogen (secondary N) is 1. The normalized spacial score (nSPS) is 12.8. The molecule has 0 saturated carbocycles. The Morgan fingerprint density at radius 1 is 0.969 bits per heavy atom. The van der Waals surface area contributed by atoms with Crippen LogP contribution in [0.25, 0.3) is 10.8 Å². The number of esters is 1. The van der Waals surface area contributed by atoms with E-state index in [1.807, 2.05) is 61.5 Å². The van der Waals surface area contributed by atoms with E-state index in [4.69, 9.17) is 9.47 Å². The van der Waals surface area contributed by atoms with Crippen LogP contribution in [-0.2, 0) is 9.53 Å². The van der Waals surface area contributed by atoms with Crippen LogP contribution in [0.4, 0.5) is 0 Å². The third-order valence-electron chi connectivity index (χ3n) is 5.27. The number of benzene rings is 3. The zero-order chi connectivity index (χ0) is 22.9. The number of aliphatic hydroxyl groups is 1. The predicted octanol–water partition coefficient (Wildman–Crippen LogP) is 4.07. The molecule has 0 aliphatic heterocycles. The van der Waals surface area contributed by atoms with E-state index in [9.17, 15) is 14.7 Å². The van der Waals surface area contributed by atoms with Crippen molar-refractivity contribution in [2.75, 3.05) is 19.8 Å². The summed E-state index contributed by atoms with van der Waals surface area (Å²) in [7, 11) is 0. The zero-order valence-electron chi connectivity index (χ0n) is 18.4. The van der Waals surface area contributed by atoms with Crippen molar-refractivity contribution in [1.82, 2.24) is 5.32 Å². The first-order valence-corrected chi connectivity index (χ1v) is 10.8. The van der Waals surface area contributed by atoms with Gasteiger partial charge in [0.15, 0.2) is 12.4 Å². The average molecular weight is 436 g/mol. The number of carbonyl (C=O) groups is 2. The van der Waals surface area contributed by atoms with Gasteiger partial charge in [0.2, 0.25) is 0 Å². The Bertz CT molecular complexity index is 1050. The Balaban J connectivity index is 1.64. The molecule has 3 rings (SSSR count). The van der Waals surface area contributed by atoms with Crippen LogP contribution in [0.2, 0.25) is 0 Å². The average Bonchev–Trinajstić information content (AvgIpc) is 2.82. The third-order valence-corrected chi connectivity index (χ3v) is 5.27. The van der Waals surface area contributed by atoms with Crippen molar-refractivity contribution in [3.05, 3.63) is 77.9 Å². The molecule has 0 aromatic heterocycles. The molecule has 0 saturated heterocycles. The van der Waals surface area contributed by atoms with Gasteiger partial charge in [-0.15, -0.1) is 0 Å². The molecule has 3 aromatic rings. The number of ether oxygens (including phenoxy) is 2. The molecule has 2 N–H and O–H groups in total. The Labute approximate surface area is 188 Å². The minimum absolute atomic E-state index is 0.00737. The van der Waals surface area contributed by atoms with Crippen LogP contribution in [0, 0.1) is 0 Å². The van der Waals surface area contributed by atoms with Crippen molar-refractivity contribution in [3.63, 3.8) is 0 Å². The quantitative estimate of drug-likeness (QED) is 0.349. The van der Waals surface area contributed by atoms with Crippen LogP contribution in [0.5, 0.6) is 5.75 Å². The topological polar surface area (TPSA) is 84.9 Å². The van der Waals surface area contributed by atoms with E-state index in [-0.39, 0.29) is 18.4 Å². The second kappa shape index (κ2) is 11.4. The fourth-order valence-corrected chi connectivity index (χ4v) is 3.58. The van der Waals surface area contributed by atoms with Gasteiger partial charge in [0.1, 0.15) is 5.75 Å². The Morgan fingerprint density at radius 2 is 1.66 bits per heavy atom. The molecule has 168 valence electrons. The number of hydrogen-bond donors (Lipinski definition) is 2. The Hall–Kier alpha value is -3.22. The molecule has 0 fully saturated rings. The fraction of sp³-hybridized carbons (Fsp3) is 0.308. The Morgan fingerprint density at radius 3 is 2.38 bits per heavy atom. The summed E-state index contributed by atoms with van der Waals surface area (Å²) >= 11 is 0. The minimum Gasteiger partial charge on any atom is -0.481 e. The van der Waals surface area contributed by atoms with E-state index in [1.165, 1.54) is 0 Å². The van der Waals surface area contributed by atoms with Gasteiger partial charge < -0.3 is 19.9 Å². The molecule has 0 aliphatic rings. The van der Waals surface area contributed by atoms with E-state index < -0.39 is 12.1 Å². The first-order valence-electron chi connectivity index (χ1n) is 10.8. The van der Waals surface area contributed by atoms with E-state index in [0.717, 1.165) is 16.3 Å².